The highest BCUT2D eigenvalue weighted by Crippen LogP contribution is 2.44. The molecular weight excluding hydrogens is 546 g/mol. The molecule has 1 aromatic heterocycles. The van der Waals surface area contributed by atoms with Gasteiger partial charge in [0.1, 0.15) is 0 Å². The first-order valence-corrected chi connectivity index (χ1v) is 15.9. The number of benzene rings is 7. The Labute approximate surface area is 262 Å². The van der Waals surface area contributed by atoms with Crippen molar-refractivity contribution >= 4 is 59.7 Å². The summed E-state index contributed by atoms with van der Waals surface area (Å²) in [5.74, 6) is 0.320. The zero-order chi connectivity index (χ0) is 30.2. The van der Waals surface area contributed by atoms with Crippen molar-refractivity contribution in [1.82, 2.24) is 4.57 Å². The number of para-hydroxylation sites is 2. The zero-order valence-electron chi connectivity index (χ0n) is 25.4. The number of rotatable bonds is 4. The van der Waals surface area contributed by atoms with Crippen LogP contribution in [0.25, 0.3) is 76.5 Å². The molecule has 0 bridgehead atoms. The summed E-state index contributed by atoms with van der Waals surface area (Å²) < 4.78 is 2.39. The Morgan fingerprint density at radius 3 is 1.87 bits per heavy atom. The molecule has 9 rings (SSSR count). The van der Waals surface area contributed by atoms with E-state index in [1.807, 2.05) is 6.92 Å². The quantitative estimate of drug-likeness (QED) is 0.163. The molecule has 2 nitrogen and oxygen atoms in total. The molecule has 216 valence electrons. The molecule has 1 N–H and O–H groups in total. The normalized spacial score (nSPS) is 17.6. The average Bonchev–Trinajstić information content (AvgIpc) is 3.42. The molecule has 3 atom stereocenters. The SMILES string of the molecule is CC1C=CC(C(C)O)C=C1c1ccc2ccc3c(-c4cccc(-n5c6ccccc6c6ccccc65)c4)ccc4ccc1c2c43. The molecule has 0 radical (unpaired) electrons. The number of aliphatic hydroxyl groups is 1. The lowest BCUT2D eigenvalue weighted by molar-refractivity contribution is 0.168. The summed E-state index contributed by atoms with van der Waals surface area (Å²) in [6.45, 7) is 4.13. The maximum absolute atomic E-state index is 10.4. The molecule has 45 heavy (non-hydrogen) atoms. The van der Waals surface area contributed by atoms with Gasteiger partial charge in [-0.05, 0) is 91.7 Å². The molecule has 0 spiro atoms. The summed E-state index contributed by atoms with van der Waals surface area (Å²) in [5.41, 5.74) is 8.61. The lowest BCUT2D eigenvalue weighted by atomic mass is 9.80. The predicted octanol–water partition coefficient (Wildman–Crippen LogP) is 10.9. The Hall–Kier alpha value is -5.18. The first-order valence-electron chi connectivity index (χ1n) is 15.9. The number of hydrogen-bond donors (Lipinski definition) is 1. The van der Waals surface area contributed by atoms with Crippen LogP contribution < -0.4 is 0 Å². The maximum Gasteiger partial charge on any atom is 0.0609 e. The van der Waals surface area contributed by atoms with Crippen LogP contribution >= 0.6 is 0 Å². The van der Waals surface area contributed by atoms with E-state index >= 15 is 0 Å². The van der Waals surface area contributed by atoms with Gasteiger partial charge in [0.2, 0.25) is 0 Å². The minimum absolute atomic E-state index is 0.0307. The minimum Gasteiger partial charge on any atom is -0.392 e. The van der Waals surface area contributed by atoms with Crippen LogP contribution in [0.5, 0.6) is 0 Å². The molecule has 8 aromatic rings. The third-order valence-corrected chi connectivity index (χ3v) is 10.0. The Bertz CT molecular complexity index is 2440. The van der Waals surface area contributed by atoms with E-state index in [2.05, 4.69) is 151 Å². The van der Waals surface area contributed by atoms with Crippen molar-refractivity contribution in [2.75, 3.05) is 0 Å². The molecule has 3 unspecified atom stereocenters. The van der Waals surface area contributed by atoms with Crippen LogP contribution in [-0.2, 0) is 0 Å². The van der Waals surface area contributed by atoms with Gasteiger partial charge in [-0.3, -0.25) is 0 Å². The van der Waals surface area contributed by atoms with E-state index in [-0.39, 0.29) is 11.8 Å². The van der Waals surface area contributed by atoms with E-state index in [4.69, 9.17) is 0 Å². The lowest BCUT2D eigenvalue weighted by Gasteiger charge is -2.25. The van der Waals surface area contributed by atoms with Gasteiger partial charge in [-0.1, -0.05) is 122 Å². The Morgan fingerprint density at radius 2 is 1.20 bits per heavy atom. The van der Waals surface area contributed by atoms with Crippen molar-refractivity contribution in [3.05, 3.63) is 145 Å². The second-order valence-electron chi connectivity index (χ2n) is 12.7. The summed E-state index contributed by atoms with van der Waals surface area (Å²) in [4.78, 5) is 0. The fourth-order valence-electron chi connectivity index (χ4n) is 7.77. The summed E-state index contributed by atoms with van der Waals surface area (Å²) >= 11 is 0. The van der Waals surface area contributed by atoms with Crippen LogP contribution in [0, 0.1) is 11.8 Å². The summed E-state index contributed by atoms with van der Waals surface area (Å²) in [6.07, 6.45) is 6.25. The van der Waals surface area contributed by atoms with Crippen molar-refractivity contribution in [3.63, 3.8) is 0 Å². The predicted molar refractivity (Wildman–Crippen MR) is 191 cm³/mol. The highest BCUT2D eigenvalue weighted by atomic mass is 16.3. The first kappa shape index (κ1) is 26.2. The van der Waals surface area contributed by atoms with E-state index in [0.717, 1.165) is 5.69 Å². The Kier molecular flexibility index (Phi) is 5.78. The van der Waals surface area contributed by atoms with Gasteiger partial charge in [-0.2, -0.15) is 0 Å². The largest absolute Gasteiger partial charge is 0.392 e. The summed E-state index contributed by atoms with van der Waals surface area (Å²) in [7, 11) is 0. The van der Waals surface area contributed by atoms with Gasteiger partial charge in [0.15, 0.2) is 0 Å². The van der Waals surface area contributed by atoms with Crippen LogP contribution in [0.15, 0.2) is 140 Å². The second kappa shape index (κ2) is 9.92. The summed E-state index contributed by atoms with van der Waals surface area (Å²) in [6, 6.07) is 44.7. The monoisotopic (exact) mass is 579 g/mol. The van der Waals surface area contributed by atoms with Crippen LogP contribution in [-0.4, -0.2) is 15.8 Å². The van der Waals surface area contributed by atoms with Gasteiger partial charge in [0.05, 0.1) is 17.1 Å². The molecule has 0 aliphatic heterocycles. The fourth-order valence-corrected chi connectivity index (χ4v) is 7.77. The highest BCUT2D eigenvalue weighted by molar-refractivity contribution is 6.27. The first-order chi connectivity index (χ1) is 22.1. The summed E-state index contributed by atoms with van der Waals surface area (Å²) in [5, 5.41) is 20.6. The standard InChI is InChI=1S/C43H33NO/c1-26-14-15-30(27(2)45)25-39(26)34-21-17-29-18-22-37-33(20-16-28-19-23-38(34)43(29)42(28)37)31-8-7-9-32(24-31)44-40-12-5-3-10-35(40)36-11-4-6-13-41(36)44/h3-27,30,45H,1-2H3. The van der Waals surface area contributed by atoms with E-state index in [9.17, 15) is 5.11 Å². The maximum atomic E-state index is 10.4. The van der Waals surface area contributed by atoms with E-state index in [0.29, 0.717) is 0 Å². The van der Waals surface area contributed by atoms with Crippen LogP contribution in [0.4, 0.5) is 0 Å². The minimum atomic E-state index is -0.413. The molecule has 1 heterocycles. The number of allylic oxidation sites excluding steroid dienone is 2. The molecular formula is C43H33NO. The highest BCUT2D eigenvalue weighted by Gasteiger charge is 2.22. The lowest BCUT2D eigenvalue weighted by Crippen LogP contribution is -2.16. The van der Waals surface area contributed by atoms with Gasteiger partial charge in [0.25, 0.3) is 0 Å². The zero-order valence-corrected chi connectivity index (χ0v) is 25.4. The third kappa shape index (κ3) is 3.92. The van der Waals surface area contributed by atoms with Crippen molar-refractivity contribution in [1.29, 1.82) is 0 Å². The van der Waals surface area contributed by atoms with Gasteiger partial charge < -0.3 is 9.67 Å². The van der Waals surface area contributed by atoms with E-state index in [1.165, 1.54) is 76.4 Å². The van der Waals surface area contributed by atoms with Gasteiger partial charge in [0, 0.05) is 22.4 Å². The molecule has 0 saturated carbocycles. The molecule has 1 aliphatic rings. The number of aliphatic hydroxyl groups excluding tert-OH is 1. The molecule has 0 saturated heterocycles. The van der Waals surface area contributed by atoms with Gasteiger partial charge in [-0.15, -0.1) is 0 Å². The van der Waals surface area contributed by atoms with E-state index in [1.54, 1.807) is 0 Å². The number of aromatic nitrogens is 1. The van der Waals surface area contributed by atoms with Crippen LogP contribution in [0.2, 0.25) is 0 Å². The average molecular weight is 580 g/mol. The smallest absolute Gasteiger partial charge is 0.0609 e. The number of nitrogens with zero attached hydrogens (tertiary/aromatic N) is 1. The third-order valence-electron chi connectivity index (χ3n) is 10.0. The van der Waals surface area contributed by atoms with Crippen LogP contribution in [0.1, 0.15) is 19.4 Å². The van der Waals surface area contributed by atoms with Gasteiger partial charge in [-0.25, -0.2) is 0 Å². The number of fused-ring (bicyclic) bond motifs is 3. The topological polar surface area (TPSA) is 25.2 Å². The number of hydrogen-bond acceptors (Lipinski definition) is 1. The van der Waals surface area contributed by atoms with E-state index < -0.39 is 6.10 Å². The fraction of sp³-hybridized carbons (Fsp3) is 0.116. The van der Waals surface area contributed by atoms with Crippen LogP contribution in [0.3, 0.4) is 0 Å². The molecule has 2 heteroatoms. The molecule has 7 aromatic carbocycles. The van der Waals surface area contributed by atoms with Crippen molar-refractivity contribution < 1.29 is 5.11 Å². The molecule has 1 aliphatic carbocycles. The van der Waals surface area contributed by atoms with Crippen molar-refractivity contribution in [2.24, 2.45) is 11.8 Å². The van der Waals surface area contributed by atoms with Crippen molar-refractivity contribution in [3.8, 4) is 16.8 Å². The Morgan fingerprint density at radius 1 is 0.600 bits per heavy atom. The van der Waals surface area contributed by atoms with Crippen molar-refractivity contribution in [2.45, 2.75) is 20.0 Å². The molecule has 0 fully saturated rings. The van der Waals surface area contributed by atoms with Gasteiger partial charge >= 0.3 is 0 Å². The molecule has 0 amide bonds. The Balaban J connectivity index is 1.26. The second-order valence-corrected chi connectivity index (χ2v) is 12.7.